The lowest BCUT2D eigenvalue weighted by Crippen LogP contribution is -2.45. The van der Waals surface area contributed by atoms with Crippen LogP contribution in [-0.4, -0.2) is 62.2 Å². The Morgan fingerprint density at radius 3 is 2.75 bits per heavy atom. The SMILES string of the molecule is CCNC(=NCCCCC(=O)OC)NC1CCN(C2CCCC2)C1. The molecule has 1 aliphatic carbocycles. The van der Waals surface area contributed by atoms with E-state index in [1.807, 2.05) is 0 Å². The second kappa shape index (κ2) is 10.5. The maximum Gasteiger partial charge on any atom is 0.305 e. The Bertz CT molecular complexity index is 408. The molecule has 138 valence electrons. The molecule has 2 N–H and O–H groups in total. The summed E-state index contributed by atoms with van der Waals surface area (Å²) in [5.41, 5.74) is 0. The molecule has 1 heterocycles. The first-order valence-corrected chi connectivity index (χ1v) is 9.58. The molecule has 0 aromatic rings. The second-order valence-electron chi connectivity index (χ2n) is 6.86. The number of hydrogen-bond donors (Lipinski definition) is 2. The molecular formula is C18H34N4O2. The van der Waals surface area contributed by atoms with E-state index in [1.54, 1.807) is 0 Å². The minimum Gasteiger partial charge on any atom is -0.469 e. The van der Waals surface area contributed by atoms with Gasteiger partial charge in [0.15, 0.2) is 5.96 Å². The van der Waals surface area contributed by atoms with Crippen LogP contribution in [0.5, 0.6) is 0 Å². The van der Waals surface area contributed by atoms with Crippen LogP contribution in [0.25, 0.3) is 0 Å². The number of rotatable bonds is 8. The first-order chi connectivity index (χ1) is 11.7. The highest BCUT2D eigenvalue weighted by Gasteiger charge is 2.30. The number of aliphatic imine (C=N–C) groups is 1. The Balaban J connectivity index is 1.70. The molecule has 0 aromatic heterocycles. The van der Waals surface area contributed by atoms with Gasteiger partial charge < -0.3 is 15.4 Å². The van der Waals surface area contributed by atoms with E-state index in [-0.39, 0.29) is 5.97 Å². The molecule has 1 saturated heterocycles. The van der Waals surface area contributed by atoms with Crippen LogP contribution in [0.4, 0.5) is 0 Å². The van der Waals surface area contributed by atoms with Crippen LogP contribution < -0.4 is 10.6 Å². The van der Waals surface area contributed by atoms with Crippen LogP contribution in [0.15, 0.2) is 4.99 Å². The molecule has 1 aliphatic heterocycles. The van der Waals surface area contributed by atoms with E-state index < -0.39 is 0 Å². The van der Waals surface area contributed by atoms with Crippen molar-refractivity contribution in [3.8, 4) is 0 Å². The summed E-state index contributed by atoms with van der Waals surface area (Å²) < 4.78 is 4.65. The fourth-order valence-electron chi connectivity index (χ4n) is 3.69. The molecule has 6 heteroatoms. The molecule has 6 nitrogen and oxygen atoms in total. The summed E-state index contributed by atoms with van der Waals surface area (Å²) in [5.74, 6) is 0.774. The van der Waals surface area contributed by atoms with Crippen LogP contribution in [0.3, 0.4) is 0 Å². The first-order valence-electron chi connectivity index (χ1n) is 9.58. The smallest absolute Gasteiger partial charge is 0.305 e. The van der Waals surface area contributed by atoms with Crippen molar-refractivity contribution < 1.29 is 9.53 Å². The number of hydrogen-bond acceptors (Lipinski definition) is 4. The van der Waals surface area contributed by atoms with Crippen molar-refractivity contribution in [2.75, 3.05) is 33.3 Å². The average molecular weight is 338 g/mol. The van der Waals surface area contributed by atoms with Crippen molar-refractivity contribution in [2.24, 2.45) is 4.99 Å². The van der Waals surface area contributed by atoms with E-state index in [0.717, 1.165) is 44.5 Å². The van der Waals surface area contributed by atoms with Crippen LogP contribution in [0, 0.1) is 0 Å². The van der Waals surface area contributed by atoms with Crippen LogP contribution in [0.1, 0.15) is 58.3 Å². The quantitative estimate of drug-likeness (QED) is 0.306. The molecule has 0 radical (unpaired) electrons. The molecule has 2 fully saturated rings. The summed E-state index contributed by atoms with van der Waals surface area (Å²) in [6.07, 6.45) is 8.96. The van der Waals surface area contributed by atoms with Gasteiger partial charge in [-0.25, -0.2) is 0 Å². The Hall–Kier alpha value is -1.30. The monoisotopic (exact) mass is 338 g/mol. The number of methoxy groups -OCH3 is 1. The molecule has 2 aliphatic rings. The second-order valence-corrected chi connectivity index (χ2v) is 6.86. The fourth-order valence-corrected chi connectivity index (χ4v) is 3.69. The van der Waals surface area contributed by atoms with E-state index in [0.29, 0.717) is 12.5 Å². The molecule has 0 amide bonds. The van der Waals surface area contributed by atoms with E-state index in [2.05, 4.69) is 32.2 Å². The molecule has 2 rings (SSSR count). The number of esters is 1. The van der Waals surface area contributed by atoms with E-state index in [9.17, 15) is 4.79 Å². The Morgan fingerprint density at radius 2 is 2.04 bits per heavy atom. The van der Waals surface area contributed by atoms with Gasteiger partial charge in [0.25, 0.3) is 0 Å². The minimum atomic E-state index is -0.137. The molecule has 0 aromatic carbocycles. The lowest BCUT2D eigenvalue weighted by atomic mass is 10.2. The Labute approximate surface area is 146 Å². The lowest BCUT2D eigenvalue weighted by Gasteiger charge is -2.24. The number of likely N-dealkylation sites (tertiary alicyclic amines) is 1. The lowest BCUT2D eigenvalue weighted by molar-refractivity contribution is -0.140. The zero-order valence-electron chi connectivity index (χ0n) is 15.4. The number of guanidine groups is 1. The fraction of sp³-hybridized carbons (Fsp3) is 0.889. The van der Waals surface area contributed by atoms with Crippen molar-refractivity contribution >= 4 is 11.9 Å². The van der Waals surface area contributed by atoms with Crippen LogP contribution >= 0.6 is 0 Å². The summed E-state index contributed by atoms with van der Waals surface area (Å²) in [4.78, 5) is 18.4. The van der Waals surface area contributed by atoms with Gasteiger partial charge >= 0.3 is 5.97 Å². The van der Waals surface area contributed by atoms with Gasteiger partial charge in [-0.3, -0.25) is 14.7 Å². The molecule has 1 atom stereocenters. The Kier molecular flexibility index (Phi) is 8.36. The number of carbonyl (C=O) groups is 1. The first kappa shape index (κ1) is 19.0. The van der Waals surface area contributed by atoms with Gasteiger partial charge in [-0.15, -0.1) is 0 Å². The average Bonchev–Trinajstić information content (AvgIpc) is 3.25. The van der Waals surface area contributed by atoms with Crippen molar-refractivity contribution in [3.63, 3.8) is 0 Å². The minimum absolute atomic E-state index is 0.137. The predicted octanol–water partition coefficient (Wildman–Crippen LogP) is 1.90. The zero-order valence-corrected chi connectivity index (χ0v) is 15.4. The number of nitrogens with one attached hydrogen (secondary N) is 2. The topological polar surface area (TPSA) is 66.0 Å². The van der Waals surface area contributed by atoms with Crippen LogP contribution in [-0.2, 0) is 9.53 Å². The van der Waals surface area contributed by atoms with Crippen molar-refractivity contribution in [2.45, 2.75) is 70.4 Å². The van der Waals surface area contributed by atoms with Gasteiger partial charge in [-0.2, -0.15) is 0 Å². The summed E-state index contributed by atoms with van der Waals surface area (Å²) in [6, 6.07) is 1.31. The molecule has 1 unspecified atom stereocenters. The highest BCUT2D eigenvalue weighted by molar-refractivity contribution is 5.80. The van der Waals surface area contributed by atoms with Gasteiger partial charge in [0.2, 0.25) is 0 Å². The van der Waals surface area contributed by atoms with Gasteiger partial charge in [-0.1, -0.05) is 12.8 Å². The van der Waals surface area contributed by atoms with Gasteiger partial charge in [-0.05, 0) is 39.0 Å². The summed E-state index contributed by atoms with van der Waals surface area (Å²) in [7, 11) is 1.43. The third kappa shape index (κ3) is 6.30. The zero-order chi connectivity index (χ0) is 17.2. The highest BCUT2D eigenvalue weighted by Crippen LogP contribution is 2.26. The van der Waals surface area contributed by atoms with E-state index in [4.69, 9.17) is 0 Å². The van der Waals surface area contributed by atoms with E-state index >= 15 is 0 Å². The molecule has 1 saturated carbocycles. The maximum atomic E-state index is 11.1. The third-order valence-corrected chi connectivity index (χ3v) is 5.03. The molecular weight excluding hydrogens is 304 g/mol. The normalized spacial score (nSPS) is 22.8. The van der Waals surface area contributed by atoms with Gasteiger partial charge in [0.1, 0.15) is 0 Å². The number of nitrogens with zero attached hydrogens (tertiary/aromatic N) is 2. The van der Waals surface area contributed by atoms with E-state index in [1.165, 1.54) is 45.8 Å². The summed E-state index contributed by atoms with van der Waals surface area (Å²) in [5, 5.41) is 6.92. The largest absolute Gasteiger partial charge is 0.469 e. The van der Waals surface area contributed by atoms with Crippen LogP contribution in [0.2, 0.25) is 0 Å². The van der Waals surface area contributed by atoms with Gasteiger partial charge in [0, 0.05) is 44.7 Å². The van der Waals surface area contributed by atoms with Crippen molar-refractivity contribution in [3.05, 3.63) is 0 Å². The predicted molar refractivity (Wildman–Crippen MR) is 97.2 cm³/mol. The number of unbranched alkanes of at least 4 members (excludes halogenated alkanes) is 1. The van der Waals surface area contributed by atoms with Crippen molar-refractivity contribution in [1.29, 1.82) is 0 Å². The number of ether oxygens (including phenoxy) is 1. The van der Waals surface area contributed by atoms with Crippen molar-refractivity contribution in [1.82, 2.24) is 15.5 Å². The summed E-state index contributed by atoms with van der Waals surface area (Å²) in [6.45, 7) is 6.05. The summed E-state index contributed by atoms with van der Waals surface area (Å²) >= 11 is 0. The molecule has 0 bridgehead atoms. The molecule has 24 heavy (non-hydrogen) atoms. The third-order valence-electron chi connectivity index (χ3n) is 5.03. The number of carbonyl (C=O) groups excluding carboxylic acids is 1. The maximum absolute atomic E-state index is 11.1. The highest BCUT2D eigenvalue weighted by atomic mass is 16.5. The molecule has 0 spiro atoms. The van der Waals surface area contributed by atoms with Gasteiger partial charge in [0.05, 0.1) is 7.11 Å². The Morgan fingerprint density at radius 1 is 1.25 bits per heavy atom. The standard InChI is InChI=1S/C18H34N4O2/c1-3-19-18(20-12-7-6-10-17(23)24-2)21-15-11-13-22(14-15)16-8-4-5-9-16/h15-16H,3-14H2,1-2H3,(H2,19,20,21).